The molecule has 7 heteroatoms. The number of cyclic esters (lactones) is 1. The summed E-state index contributed by atoms with van der Waals surface area (Å²) < 4.78 is 10.7. The molecule has 2 heterocycles. The zero-order valence-corrected chi connectivity index (χ0v) is 14.0. The summed E-state index contributed by atoms with van der Waals surface area (Å²) in [6.45, 7) is 4.20. The Bertz CT molecular complexity index is 786. The van der Waals surface area contributed by atoms with Crippen molar-refractivity contribution in [3.8, 4) is 11.6 Å². The molecule has 130 valence electrons. The van der Waals surface area contributed by atoms with Crippen molar-refractivity contribution in [1.29, 1.82) is 0 Å². The lowest BCUT2D eigenvalue weighted by atomic mass is 10.1. The molecule has 7 nitrogen and oxygen atoms in total. The third-order valence-electron chi connectivity index (χ3n) is 3.90. The molecule has 3 rings (SSSR count). The Labute approximate surface area is 145 Å². The van der Waals surface area contributed by atoms with Crippen LogP contribution in [0.4, 0.5) is 4.79 Å². The van der Waals surface area contributed by atoms with E-state index in [9.17, 15) is 9.59 Å². The van der Waals surface area contributed by atoms with Gasteiger partial charge < -0.3 is 20.1 Å². The van der Waals surface area contributed by atoms with Crippen LogP contribution in [0.25, 0.3) is 0 Å². The van der Waals surface area contributed by atoms with Crippen LogP contribution < -0.4 is 15.4 Å². The molecule has 1 aromatic heterocycles. The summed E-state index contributed by atoms with van der Waals surface area (Å²) in [5.41, 5.74) is 2.75. The second-order valence-corrected chi connectivity index (χ2v) is 5.80. The zero-order valence-electron chi connectivity index (χ0n) is 14.0. The topological polar surface area (TPSA) is 89.6 Å². The minimum Gasteiger partial charge on any atom is -0.447 e. The monoisotopic (exact) mass is 341 g/mol. The molecule has 0 spiro atoms. The first-order valence-electron chi connectivity index (χ1n) is 7.93. The van der Waals surface area contributed by atoms with E-state index in [4.69, 9.17) is 9.47 Å². The average molecular weight is 341 g/mol. The molecule has 2 amide bonds. The Hall–Kier alpha value is -3.09. The quantitative estimate of drug-likeness (QED) is 0.870. The van der Waals surface area contributed by atoms with Crippen molar-refractivity contribution in [2.75, 3.05) is 6.61 Å². The fourth-order valence-electron chi connectivity index (χ4n) is 2.54. The number of hydrogen-bond acceptors (Lipinski definition) is 5. The minimum absolute atomic E-state index is 0.0312. The number of aryl methyl sites for hydroxylation is 2. The third kappa shape index (κ3) is 3.88. The number of amides is 2. The van der Waals surface area contributed by atoms with Crippen LogP contribution in [0.5, 0.6) is 11.6 Å². The van der Waals surface area contributed by atoms with Crippen LogP contribution in [-0.2, 0) is 16.1 Å². The molecule has 1 unspecified atom stereocenters. The molecular formula is C18H19N3O4. The number of carbonyl (C=O) groups is 2. The van der Waals surface area contributed by atoms with Gasteiger partial charge in [-0.2, -0.15) is 0 Å². The first-order valence-corrected chi connectivity index (χ1v) is 7.93. The standard InChI is InChI=1S/C18H19N3O4/c1-11-5-3-6-12(2)15(11)25-17-13(7-4-8-19-17)9-20-16(22)14-10-24-18(23)21-14/h3-8,14H,9-10H2,1-2H3,(H,20,22)(H,21,23). The van der Waals surface area contributed by atoms with Crippen molar-refractivity contribution >= 4 is 12.0 Å². The van der Waals surface area contributed by atoms with Gasteiger partial charge in [0.2, 0.25) is 11.8 Å². The SMILES string of the molecule is Cc1cccc(C)c1Oc1ncccc1CNC(=O)C1COC(=O)N1. The second-order valence-electron chi connectivity index (χ2n) is 5.80. The van der Waals surface area contributed by atoms with Gasteiger partial charge in [-0.15, -0.1) is 0 Å². The summed E-state index contributed by atoms with van der Waals surface area (Å²) in [6.07, 6.45) is 1.06. The lowest BCUT2D eigenvalue weighted by Crippen LogP contribution is -2.42. The number of alkyl carbamates (subject to hydrolysis) is 1. The van der Waals surface area contributed by atoms with E-state index in [1.165, 1.54) is 0 Å². The number of ether oxygens (including phenoxy) is 2. The minimum atomic E-state index is -0.674. The molecular weight excluding hydrogens is 322 g/mol. The van der Waals surface area contributed by atoms with Gasteiger partial charge >= 0.3 is 6.09 Å². The Morgan fingerprint density at radius 3 is 2.76 bits per heavy atom. The Kier molecular flexibility index (Phi) is 4.83. The van der Waals surface area contributed by atoms with E-state index in [0.29, 0.717) is 5.88 Å². The molecule has 25 heavy (non-hydrogen) atoms. The lowest BCUT2D eigenvalue weighted by Gasteiger charge is -2.14. The number of benzene rings is 1. The molecule has 1 aromatic carbocycles. The second kappa shape index (κ2) is 7.21. The maximum Gasteiger partial charge on any atom is 0.407 e. The molecule has 1 saturated heterocycles. The van der Waals surface area contributed by atoms with Crippen molar-refractivity contribution in [2.45, 2.75) is 26.4 Å². The van der Waals surface area contributed by atoms with Gasteiger partial charge in [0.15, 0.2) is 0 Å². The fourth-order valence-corrected chi connectivity index (χ4v) is 2.54. The van der Waals surface area contributed by atoms with Gasteiger partial charge in [-0.3, -0.25) is 4.79 Å². The van der Waals surface area contributed by atoms with Crippen molar-refractivity contribution in [3.05, 3.63) is 53.2 Å². The molecule has 0 saturated carbocycles. The van der Waals surface area contributed by atoms with Crippen LogP contribution in [0, 0.1) is 13.8 Å². The number of nitrogens with one attached hydrogen (secondary N) is 2. The first kappa shape index (κ1) is 16.8. The van der Waals surface area contributed by atoms with E-state index in [1.807, 2.05) is 38.1 Å². The number of pyridine rings is 1. The van der Waals surface area contributed by atoms with Gasteiger partial charge in [0.05, 0.1) is 0 Å². The summed E-state index contributed by atoms with van der Waals surface area (Å²) in [5.74, 6) is 0.880. The maximum atomic E-state index is 12.1. The van der Waals surface area contributed by atoms with Crippen molar-refractivity contribution < 1.29 is 19.1 Å². The highest BCUT2D eigenvalue weighted by Gasteiger charge is 2.28. The van der Waals surface area contributed by atoms with E-state index < -0.39 is 12.1 Å². The molecule has 0 radical (unpaired) electrons. The van der Waals surface area contributed by atoms with E-state index in [1.54, 1.807) is 12.3 Å². The molecule has 1 fully saturated rings. The first-order chi connectivity index (χ1) is 12.0. The summed E-state index contributed by atoms with van der Waals surface area (Å²) >= 11 is 0. The van der Waals surface area contributed by atoms with Crippen molar-refractivity contribution in [1.82, 2.24) is 15.6 Å². The van der Waals surface area contributed by atoms with Crippen molar-refractivity contribution in [2.24, 2.45) is 0 Å². The molecule has 1 aliphatic rings. The summed E-state index contributed by atoms with van der Waals surface area (Å²) in [5, 5.41) is 5.20. The van der Waals surface area contributed by atoms with Crippen LogP contribution in [0.1, 0.15) is 16.7 Å². The molecule has 0 aliphatic carbocycles. The highest BCUT2D eigenvalue weighted by atomic mass is 16.6. The van der Waals surface area contributed by atoms with Crippen LogP contribution in [0.15, 0.2) is 36.5 Å². The largest absolute Gasteiger partial charge is 0.447 e. The predicted octanol–water partition coefficient (Wildman–Crippen LogP) is 2.22. The van der Waals surface area contributed by atoms with E-state index in [2.05, 4.69) is 15.6 Å². The molecule has 0 bridgehead atoms. The molecule has 2 aromatic rings. The fraction of sp³-hybridized carbons (Fsp3) is 0.278. The smallest absolute Gasteiger partial charge is 0.407 e. The van der Waals surface area contributed by atoms with Gasteiger partial charge in [-0.25, -0.2) is 9.78 Å². The number of carbonyl (C=O) groups excluding carboxylic acids is 2. The van der Waals surface area contributed by atoms with Gasteiger partial charge in [0, 0.05) is 18.3 Å². The molecule has 1 atom stereocenters. The number of para-hydroxylation sites is 1. The highest BCUT2D eigenvalue weighted by Crippen LogP contribution is 2.29. The summed E-state index contributed by atoms with van der Waals surface area (Å²) in [6, 6.07) is 8.84. The van der Waals surface area contributed by atoms with Crippen LogP contribution in [0.2, 0.25) is 0 Å². The van der Waals surface area contributed by atoms with Gasteiger partial charge in [-0.1, -0.05) is 24.3 Å². The van der Waals surface area contributed by atoms with Crippen molar-refractivity contribution in [3.63, 3.8) is 0 Å². The third-order valence-corrected chi connectivity index (χ3v) is 3.90. The Morgan fingerprint density at radius 2 is 2.08 bits per heavy atom. The Balaban J connectivity index is 1.71. The zero-order chi connectivity index (χ0) is 17.8. The highest BCUT2D eigenvalue weighted by molar-refractivity contribution is 5.87. The number of rotatable bonds is 5. The van der Waals surface area contributed by atoms with Gasteiger partial charge in [-0.05, 0) is 31.0 Å². The van der Waals surface area contributed by atoms with Crippen LogP contribution in [-0.4, -0.2) is 29.6 Å². The van der Waals surface area contributed by atoms with E-state index >= 15 is 0 Å². The maximum absolute atomic E-state index is 12.1. The summed E-state index contributed by atoms with van der Waals surface area (Å²) in [7, 11) is 0. The number of hydrogen-bond donors (Lipinski definition) is 2. The average Bonchev–Trinajstić information content (AvgIpc) is 3.03. The molecule has 1 aliphatic heterocycles. The normalized spacial score (nSPS) is 16.1. The van der Waals surface area contributed by atoms with E-state index in [-0.39, 0.29) is 19.1 Å². The lowest BCUT2D eigenvalue weighted by molar-refractivity contribution is -0.123. The molecule has 2 N–H and O–H groups in total. The number of aromatic nitrogens is 1. The van der Waals surface area contributed by atoms with Gasteiger partial charge in [0.25, 0.3) is 0 Å². The van der Waals surface area contributed by atoms with E-state index in [0.717, 1.165) is 22.4 Å². The predicted molar refractivity (Wildman–Crippen MR) is 90.3 cm³/mol. The van der Waals surface area contributed by atoms with Gasteiger partial charge in [0.1, 0.15) is 18.4 Å². The van der Waals surface area contributed by atoms with Crippen LogP contribution >= 0.6 is 0 Å². The Morgan fingerprint density at radius 1 is 1.32 bits per heavy atom. The summed E-state index contributed by atoms with van der Waals surface area (Å²) in [4.78, 5) is 27.4. The van der Waals surface area contributed by atoms with Crippen LogP contribution in [0.3, 0.4) is 0 Å². The number of nitrogens with zero attached hydrogens (tertiary/aromatic N) is 1.